The molecule has 154 valence electrons. The maximum absolute atomic E-state index is 12.4. The molecule has 2 heterocycles. The number of aromatic nitrogens is 3. The SMILES string of the molecule is COc1cccc([C@H]2C(C(N)=O)=C(C)Nc3nc(-c4cccc(C)c4)nn32)c1OC. The number of rotatable bonds is 5. The molecule has 0 aliphatic carbocycles. The number of anilines is 1. The molecule has 0 saturated heterocycles. The summed E-state index contributed by atoms with van der Waals surface area (Å²) in [5.74, 6) is 1.58. The van der Waals surface area contributed by atoms with E-state index >= 15 is 0 Å². The summed E-state index contributed by atoms with van der Waals surface area (Å²) < 4.78 is 12.7. The van der Waals surface area contributed by atoms with Crippen LogP contribution in [0.1, 0.15) is 24.1 Å². The third-order valence-corrected chi connectivity index (χ3v) is 5.12. The third kappa shape index (κ3) is 3.16. The van der Waals surface area contributed by atoms with Crippen LogP contribution in [0.2, 0.25) is 0 Å². The molecule has 1 aromatic heterocycles. The first-order valence-corrected chi connectivity index (χ1v) is 9.46. The molecule has 0 bridgehead atoms. The molecule has 3 N–H and O–H groups in total. The van der Waals surface area contributed by atoms with Crippen LogP contribution in [0, 0.1) is 6.92 Å². The highest BCUT2D eigenvalue weighted by atomic mass is 16.5. The number of para-hydroxylation sites is 1. The van der Waals surface area contributed by atoms with Crippen molar-refractivity contribution in [1.29, 1.82) is 0 Å². The number of carbonyl (C=O) groups excluding carboxylic acids is 1. The summed E-state index contributed by atoms with van der Waals surface area (Å²) >= 11 is 0. The van der Waals surface area contributed by atoms with Crippen LogP contribution in [0.25, 0.3) is 11.4 Å². The predicted molar refractivity (Wildman–Crippen MR) is 113 cm³/mol. The normalized spacial score (nSPS) is 15.4. The minimum absolute atomic E-state index is 0.384. The number of allylic oxidation sites excluding steroid dienone is 1. The number of hydrogen-bond acceptors (Lipinski definition) is 6. The van der Waals surface area contributed by atoms with E-state index in [4.69, 9.17) is 20.3 Å². The van der Waals surface area contributed by atoms with Gasteiger partial charge in [0.2, 0.25) is 11.9 Å². The maximum Gasteiger partial charge on any atom is 0.248 e. The zero-order valence-electron chi connectivity index (χ0n) is 17.3. The van der Waals surface area contributed by atoms with Gasteiger partial charge in [-0.1, -0.05) is 35.9 Å². The van der Waals surface area contributed by atoms with E-state index in [-0.39, 0.29) is 0 Å². The van der Waals surface area contributed by atoms with E-state index in [1.165, 1.54) is 0 Å². The van der Waals surface area contributed by atoms with Crippen LogP contribution < -0.4 is 20.5 Å². The molecule has 0 spiro atoms. The zero-order chi connectivity index (χ0) is 21.4. The number of fused-ring (bicyclic) bond motifs is 1. The number of nitrogens with one attached hydrogen (secondary N) is 1. The van der Waals surface area contributed by atoms with E-state index in [2.05, 4.69) is 10.3 Å². The van der Waals surface area contributed by atoms with Gasteiger partial charge in [0.05, 0.1) is 19.8 Å². The molecule has 1 amide bonds. The van der Waals surface area contributed by atoms with Crippen molar-refractivity contribution in [2.75, 3.05) is 19.5 Å². The highest BCUT2D eigenvalue weighted by Gasteiger charge is 2.35. The van der Waals surface area contributed by atoms with Crippen molar-refractivity contribution in [2.24, 2.45) is 5.73 Å². The summed E-state index contributed by atoms with van der Waals surface area (Å²) in [5.41, 5.74) is 9.46. The second kappa shape index (κ2) is 7.55. The molecule has 2 aromatic carbocycles. The molecule has 0 fully saturated rings. The molecule has 0 unspecified atom stereocenters. The Labute approximate surface area is 174 Å². The van der Waals surface area contributed by atoms with Gasteiger partial charge in [0.25, 0.3) is 0 Å². The van der Waals surface area contributed by atoms with Gasteiger partial charge < -0.3 is 20.5 Å². The number of hydrogen-bond donors (Lipinski definition) is 2. The minimum atomic E-state index is -0.616. The Hall–Kier alpha value is -3.81. The van der Waals surface area contributed by atoms with E-state index < -0.39 is 11.9 Å². The van der Waals surface area contributed by atoms with Gasteiger partial charge in [0.1, 0.15) is 6.04 Å². The van der Waals surface area contributed by atoms with Gasteiger partial charge in [0.15, 0.2) is 17.3 Å². The Morgan fingerprint density at radius 2 is 1.90 bits per heavy atom. The number of ether oxygens (including phenoxy) is 2. The van der Waals surface area contributed by atoms with Crippen LogP contribution in [0.4, 0.5) is 5.95 Å². The standard InChI is InChI=1S/C22H23N5O3/c1-12-7-5-8-14(11-12)21-25-22-24-13(2)17(20(23)28)18(27(22)26-21)15-9-6-10-16(29-3)19(15)30-4/h5-11,18H,1-4H3,(H2,23,28)(H,24,25,26)/t18-/m0/s1. The Bertz CT molecular complexity index is 1170. The monoisotopic (exact) mass is 405 g/mol. The lowest BCUT2D eigenvalue weighted by Crippen LogP contribution is -2.32. The van der Waals surface area contributed by atoms with Gasteiger partial charge in [-0.25, -0.2) is 4.68 Å². The van der Waals surface area contributed by atoms with Crippen molar-refractivity contribution in [3.8, 4) is 22.9 Å². The minimum Gasteiger partial charge on any atom is -0.493 e. The molecule has 1 aliphatic heterocycles. The number of methoxy groups -OCH3 is 2. The summed E-state index contributed by atoms with van der Waals surface area (Å²) in [7, 11) is 3.13. The average Bonchev–Trinajstić information content (AvgIpc) is 3.15. The number of nitrogens with zero attached hydrogens (tertiary/aromatic N) is 3. The molecule has 8 heteroatoms. The lowest BCUT2D eigenvalue weighted by molar-refractivity contribution is -0.115. The molecule has 0 saturated carbocycles. The van der Waals surface area contributed by atoms with Crippen LogP contribution in [0.5, 0.6) is 11.5 Å². The van der Waals surface area contributed by atoms with Crippen molar-refractivity contribution >= 4 is 11.9 Å². The first kappa shape index (κ1) is 19.5. The van der Waals surface area contributed by atoms with E-state index in [1.54, 1.807) is 31.9 Å². The molecule has 0 radical (unpaired) electrons. The topological polar surface area (TPSA) is 104 Å². The average molecular weight is 405 g/mol. The first-order valence-electron chi connectivity index (χ1n) is 9.46. The number of nitrogens with two attached hydrogens (primary N) is 1. The number of aryl methyl sites for hydroxylation is 1. The Morgan fingerprint density at radius 1 is 1.13 bits per heavy atom. The van der Waals surface area contributed by atoms with E-state index in [0.29, 0.717) is 40.1 Å². The molecule has 30 heavy (non-hydrogen) atoms. The van der Waals surface area contributed by atoms with Crippen LogP contribution >= 0.6 is 0 Å². The van der Waals surface area contributed by atoms with E-state index in [1.807, 2.05) is 43.3 Å². The van der Waals surface area contributed by atoms with E-state index in [0.717, 1.165) is 11.1 Å². The predicted octanol–water partition coefficient (Wildman–Crippen LogP) is 3.04. The lowest BCUT2D eigenvalue weighted by Gasteiger charge is -2.29. The summed E-state index contributed by atoms with van der Waals surface area (Å²) in [6.45, 7) is 3.81. The van der Waals surface area contributed by atoms with Gasteiger partial charge in [-0.2, -0.15) is 4.98 Å². The molecule has 3 aromatic rings. The van der Waals surface area contributed by atoms with Crippen molar-refractivity contribution in [1.82, 2.24) is 14.8 Å². The third-order valence-electron chi connectivity index (χ3n) is 5.12. The largest absolute Gasteiger partial charge is 0.493 e. The number of amides is 1. The van der Waals surface area contributed by atoms with Gasteiger partial charge >= 0.3 is 0 Å². The molecule has 1 atom stereocenters. The lowest BCUT2D eigenvalue weighted by atomic mass is 9.94. The molecular weight excluding hydrogens is 382 g/mol. The maximum atomic E-state index is 12.4. The Morgan fingerprint density at radius 3 is 2.57 bits per heavy atom. The number of carbonyl (C=O) groups is 1. The summed E-state index contributed by atoms with van der Waals surface area (Å²) in [6.07, 6.45) is 0. The van der Waals surface area contributed by atoms with Crippen molar-refractivity contribution in [3.05, 3.63) is 64.9 Å². The van der Waals surface area contributed by atoms with Crippen molar-refractivity contribution < 1.29 is 14.3 Å². The Kier molecular flexibility index (Phi) is 4.91. The fraction of sp³-hybridized carbons (Fsp3) is 0.227. The van der Waals surface area contributed by atoms with Crippen LogP contribution in [-0.2, 0) is 4.79 Å². The van der Waals surface area contributed by atoms with Crippen molar-refractivity contribution in [3.63, 3.8) is 0 Å². The second-order valence-electron chi connectivity index (χ2n) is 7.09. The van der Waals surface area contributed by atoms with Crippen LogP contribution in [0.3, 0.4) is 0 Å². The highest BCUT2D eigenvalue weighted by Crippen LogP contribution is 2.42. The molecule has 1 aliphatic rings. The molecular formula is C22H23N5O3. The Balaban J connectivity index is 1.94. The zero-order valence-corrected chi connectivity index (χ0v) is 17.3. The van der Waals surface area contributed by atoms with Crippen LogP contribution in [-0.4, -0.2) is 34.9 Å². The summed E-state index contributed by atoms with van der Waals surface area (Å²) in [5, 5.41) is 7.88. The van der Waals surface area contributed by atoms with Gasteiger partial charge in [0, 0.05) is 16.8 Å². The second-order valence-corrected chi connectivity index (χ2v) is 7.09. The number of primary amides is 1. The number of benzene rings is 2. The fourth-order valence-electron chi connectivity index (χ4n) is 3.79. The van der Waals surface area contributed by atoms with Crippen molar-refractivity contribution in [2.45, 2.75) is 19.9 Å². The fourth-order valence-corrected chi connectivity index (χ4v) is 3.79. The van der Waals surface area contributed by atoms with Gasteiger partial charge in [-0.15, -0.1) is 5.10 Å². The molecule has 4 rings (SSSR count). The van der Waals surface area contributed by atoms with Gasteiger partial charge in [-0.05, 0) is 26.0 Å². The first-order chi connectivity index (χ1) is 14.4. The van der Waals surface area contributed by atoms with Gasteiger partial charge in [-0.3, -0.25) is 4.79 Å². The highest BCUT2D eigenvalue weighted by molar-refractivity contribution is 5.95. The smallest absolute Gasteiger partial charge is 0.248 e. The quantitative estimate of drug-likeness (QED) is 0.676. The van der Waals surface area contributed by atoms with E-state index in [9.17, 15) is 4.79 Å². The molecule has 8 nitrogen and oxygen atoms in total. The van der Waals surface area contributed by atoms with Crippen LogP contribution in [0.15, 0.2) is 53.7 Å². The summed E-state index contributed by atoms with van der Waals surface area (Å²) in [4.78, 5) is 17.1. The summed E-state index contributed by atoms with van der Waals surface area (Å²) in [6, 6.07) is 12.8.